The number of fused-ring (bicyclic) bond motifs is 1. The fourth-order valence-electron chi connectivity index (χ4n) is 2.43. The number of aromatic nitrogens is 1. The molecule has 0 unspecified atom stereocenters. The predicted octanol–water partition coefficient (Wildman–Crippen LogP) is 1.01. The molecule has 1 N–H and O–H groups in total. The monoisotopic (exact) mass is 357 g/mol. The standard InChI is InChI=1S/C18H19N3O5/c1-24-13-4-6-14(7-5-13)25-10-9-19-16(22)11-21-17(23)12-26-15-3-2-8-20-18(15)21/h2-8H,9-12H2,1H3,(H,19,22). The molecule has 136 valence electrons. The van der Waals surface area contributed by atoms with E-state index in [0.717, 1.165) is 5.75 Å². The van der Waals surface area contributed by atoms with Crippen molar-refractivity contribution in [2.75, 3.05) is 38.3 Å². The Morgan fingerprint density at radius 3 is 2.81 bits per heavy atom. The number of nitrogens with zero attached hydrogens (tertiary/aromatic N) is 2. The largest absolute Gasteiger partial charge is 0.497 e. The van der Waals surface area contributed by atoms with Crippen LogP contribution in [0.25, 0.3) is 0 Å². The maximum absolute atomic E-state index is 12.1. The van der Waals surface area contributed by atoms with Gasteiger partial charge in [0.2, 0.25) is 5.91 Å². The van der Waals surface area contributed by atoms with E-state index in [9.17, 15) is 9.59 Å². The zero-order valence-electron chi connectivity index (χ0n) is 14.3. The smallest absolute Gasteiger partial charge is 0.266 e. The molecular weight excluding hydrogens is 338 g/mol. The molecular formula is C18H19N3O5. The molecule has 0 spiro atoms. The summed E-state index contributed by atoms with van der Waals surface area (Å²) < 4.78 is 15.9. The summed E-state index contributed by atoms with van der Waals surface area (Å²) in [6, 6.07) is 10.6. The van der Waals surface area contributed by atoms with Gasteiger partial charge in [0.05, 0.1) is 13.7 Å². The zero-order chi connectivity index (χ0) is 18.4. The molecule has 1 aromatic carbocycles. The van der Waals surface area contributed by atoms with E-state index in [2.05, 4.69) is 10.3 Å². The molecule has 2 aromatic rings. The fraction of sp³-hybridized carbons (Fsp3) is 0.278. The maximum atomic E-state index is 12.1. The van der Waals surface area contributed by atoms with Crippen LogP contribution < -0.4 is 24.4 Å². The van der Waals surface area contributed by atoms with Crippen molar-refractivity contribution in [3.63, 3.8) is 0 Å². The van der Waals surface area contributed by atoms with Crippen LogP contribution in [0.3, 0.4) is 0 Å². The molecule has 0 saturated carbocycles. The van der Waals surface area contributed by atoms with Gasteiger partial charge in [0.1, 0.15) is 24.7 Å². The Hall–Kier alpha value is -3.29. The summed E-state index contributed by atoms with van der Waals surface area (Å²) in [6.45, 7) is 0.406. The van der Waals surface area contributed by atoms with Crippen molar-refractivity contribution in [1.29, 1.82) is 0 Å². The van der Waals surface area contributed by atoms with Gasteiger partial charge < -0.3 is 19.5 Å². The third kappa shape index (κ3) is 4.21. The molecule has 0 bridgehead atoms. The first-order valence-electron chi connectivity index (χ1n) is 8.09. The minimum atomic E-state index is -0.305. The van der Waals surface area contributed by atoms with Gasteiger partial charge in [0.25, 0.3) is 5.91 Å². The minimum Gasteiger partial charge on any atom is -0.497 e. The van der Waals surface area contributed by atoms with E-state index in [4.69, 9.17) is 14.2 Å². The van der Waals surface area contributed by atoms with E-state index in [-0.39, 0.29) is 25.0 Å². The van der Waals surface area contributed by atoms with E-state index in [0.29, 0.717) is 30.5 Å². The lowest BCUT2D eigenvalue weighted by atomic mass is 10.3. The third-order valence-electron chi connectivity index (χ3n) is 3.71. The Morgan fingerprint density at radius 1 is 1.27 bits per heavy atom. The lowest BCUT2D eigenvalue weighted by Gasteiger charge is -2.27. The number of pyridine rings is 1. The number of amides is 2. The quantitative estimate of drug-likeness (QED) is 0.744. The Kier molecular flexibility index (Phi) is 5.52. The molecule has 8 heteroatoms. The lowest BCUT2D eigenvalue weighted by Crippen LogP contribution is -2.46. The summed E-state index contributed by atoms with van der Waals surface area (Å²) in [7, 11) is 1.60. The second-order valence-corrected chi connectivity index (χ2v) is 5.47. The fourth-order valence-corrected chi connectivity index (χ4v) is 2.43. The van der Waals surface area contributed by atoms with Crippen molar-refractivity contribution < 1.29 is 23.8 Å². The molecule has 2 amide bonds. The van der Waals surface area contributed by atoms with Crippen LogP contribution in [0.5, 0.6) is 17.2 Å². The van der Waals surface area contributed by atoms with Crippen molar-refractivity contribution in [2.24, 2.45) is 0 Å². The number of benzene rings is 1. The summed E-state index contributed by atoms with van der Waals surface area (Å²) in [5, 5.41) is 2.72. The first-order chi connectivity index (χ1) is 12.7. The highest BCUT2D eigenvalue weighted by atomic mass is 16.5. The summed E-state index contributed by atoms with van der Waals surface area (Å²) >= 11 is 0. The summed E-state index contributed by atoms with van der Waals surface area (Å²) in [4.78, 5) is 29.6. The normalized spacial score (nSPS) is 12.8. The molecule has 1 aromatic heterocycles. The van der Waals surface area contributed by atoms with Gasteiger partial charge in [-0.1, -0.05) is 0 Å². The number of methoxy groups -OCH3 is 1. The van der Waals surface area contributed by atoms with Crippen LogP contribution in [-0.4, -0.2) is 50.2 Å². The van der Waals surface area contributed by atoms with Crippen LogP contribution in [0.15, 0.2) is 42.6 Å². The minimum absolute atomic E-state index is 0.105. The SMILES string of the molecule is COc1ccc(OCCNC(=O)CN2C(=O)COc3cccnc32)cc1. The second kappa shape index (κ2) is 8.19. The van der Waals surface area contributed by atoms with Gasteiger partial charge in [-0.15, -0.1) is 0 Å². The topological polar surface area (TPSA) is 90.0 Å². The Morgan fingerprint density at radius 2 is 2.04 bits per heavy atom. The first-order valence-corrected chi connectivity index (χ1v) is 8.09. The van der Waals surface area contributed by atoms with E-state index in [1.807, 2.05) is 0 Å². The Labute approximate surface area is 150 Å². The lowest BCUT2D eigenvalue weighted by molar-refractivity contribution is -0.125. The number of nitrogens with one attached hydrogen (secondary N) is 1. The molecule has 8 nitrogen and oxygen atoms in total. The van der Waals surface area contributed by atoms with Crippen molar-refractivity contribution in [3.05, 3.63) is 42.6 Å². The molecule has 2 heterocycles. The summed E-state index contributed by atoms with van der Waals surface area (Å²) in [6.07, 6.45) is 1.55. The number of carbonyl (C=O) groups is 2. The number of rotatable bonds is 7. The van der Waals surface area contributed by atoms with E-state index in [1.165, 1.54) is 4.90 Å². The van der Waals surface area contributed by atoms with Crippen LogP contribution >= 0.6 is 0 Å². The molecule has 3 rings (SSSR count). The highest BCUT2D eigenvalue weighted by Crippen LogP contribution is 2.28. The molecule has 1 aliphatic rings. The van der Waals surface area contributed by atoms with Gasteiger partial charge in [-0.25, -0.2) is 4.98 Å². The highest BCUT2D eigenvalue weighted by molar-refractivity contribution is 6.01. The second-order valence-electron chi connectivity index (χ2n) is 5.47. The van der Waals surface area contributed by atoms with Gasteiger partial charge in [-0.05, 0) is 36.4 Å². The van der Waals surface area contributed by atoms with Crippen LogP contribution in [0.4, 0.5) is 5.82 Å². The number of anilines is 1. The molecule has 0 radical (unpaired) electrons. The molecule has 0 atom stereocenters. The van der Waals surface area contributed by atoms with Crippen LogP contribution in [0, 0.1) is 0 Å². The van der Waals surface area contributed by atoms with E-state index >= 15 is 0 Å². The number of hydrogen-bond acceptors (Lipinski definition) is 6. The number of ether oxygens (including phenoxy) is 3. The third-order valence-corrected chi connectivity index (χ3v) is 3.71. The van der Waals surface area contributed by atoms with Crippen molar-refractivity contribution >= 4 is 17.6 Å². The maximum Gasteiger partial charge on any atom is 0.266 e. The van der Waals surface area contributed by atoms with Crippen LogP contribution in [0.2, 0.25) is 0 Å². The predicted molar refractivity (Wildman–Crippen MR) is 93.6 cm³/mol. The van der Waals surface area contributed by atoms with Gasteiger partial charge in [-0.2, -0.15) is 0 Å². The van der Waals surface area contributed by atoms with E-state index < -0.39 is 0 Å². The van der Waals surface area contributed by atoms with Gasteiger partial charge >= 0.3 is 0 Å². The number of carbonyl (C=O) groups excluding carboxylic acids is 2. The Balaban J connectivity index is 1.46. The van der Waals surface area contributed by atoms with Gasteiger partial charge in [-0.3, -0.25) is 14.5 Å². The average molecular weight is 357 g/mol. The first kappa shape index (κ1) is 17.5. The van der Waals surface area contributed by atoms with Crippen molar-refractivity contribution in [1.82, 2.24) is 10.3 Å². The number of hydrogen-bond donors (Lipinski definition) is 1. The Bertz CT molecular complexity index is 779. The van der Waals surface area contributed by atoms with Gasteiger partial charge in [0.15, 0.2) is 18.2 Å². The molecule has 0 aliphatic carbocycles. The van der Waals surface area contributed by atoms with Crippen molar-refractivity contribution in [3.8, 4) is 17.2 Å². The van der Waals surface area contributed by atoms with E-state index in [1.54, 1.807) is 49.7 Å². The molecule has 0 saturated heterocycles. The average Bonchev–Trinajstić information content (AvgIpc) is 2.68. The van der Waals surface area contributed by atoms with Gasteiger partial charge in [0, 0.05) is 6.20 Å². The zero-order valence-corrected chi connectivity index (χ0v) is 14.3. The van der Waals surface area contributed by atoms with Crippen molar-refractivity contribution in [2.45, 2.75) is 0 Å². The molecule has 0 fully saturated rings. The summed E-state index contributed by atoms with van der Waals surface area (Å²) in [5.74, 6) is 1.67. The molecule has 1 aliphatic heterocycles. The van der Waals surface area contributed by atoms with Crippen LogP contribution in [0.1, 0.15) is 0 Å². The van der Waals surface area contributed by atoms with Crippen LogP contribution in [-0.2, 0) is 9.59 Å². The summed E-state index contributed by atoms with van der Waals surface area (Å²) in [5.41, 5.74) is 0. The molecule has 26 heavy (non-hydrogen) atoms. The highest BCUT2D eigenvalue weighted by Gasteiger charge is 2.28.